The second-order valence-corrected chi connectivity index (χ2v) is 7.98. The number of hydrogen-bond donors (Lipinski definition) is 0. The highest BCUT2D eigenvalue weighted by atomic mass is 35.5. The van der Waals surface area contributed by atoms with E-state index in [4.69, 9.17) is 25.5 Å². The van der Waals surface area contributed by atoms with Gasteiger partial charge in [-0.25, -0.2) is 4.90 Å². The Morgan fingerprint density at radius 1 is 1.00 bits per heavy atom. The molecule has 8 heteroatoms. The molecule has 2 aromatic carbocycles. The van der Waals surface area contributed by atoms with Gasteiger partial charge in [-0.1, -0.05) is 23.7 Å². The fraction of sp³-hybridized carbons (Fsp3) is 0.130. The van der Waals surface area contributed by atoms with Crippen LogP contribution in [-0.4, -0.2) is 26.0 Å². The van der Waals surface area contributed by atoms with Crippen molar-refractivity contribution >= 4 is 46.4 Å². The minimum Gasteiger partial charge on any atom is -0.497 e. The van der Waals surface area contributed by atoms with Crippen molar-refractivity contribution in [3.63, 3.8) is 0 Å². The van der Waals surface area contributed by atoms with Crippen LogP contribution in [-0.2, 0) is 15.3 Å². The van der Waals surface area contributed by atoms with Gasteiger partial charge in [0.15, 0.2) is 0 Å². The smallest absolute Gasteiger partial charge is 0.272 e. The van der Waals surface area contributed by atoms with Crippen molar-refractivity contribution in [2.45, 2.75) is 5.75 Å². The van der Waals surface area contributed by atoms with Crippen LogP contribution in [0.25, 0.3) is 5.57 Å². The van der Waals surface area contributed by atoms with Crippen molar-refractivity contribution in [2.24, 2.45) is 0 Å². The van der Waals surface area contributed by atoms with E-state index in [1.807, 2.05) is 6.07 Å². The summed E-state index contributed by atoms with van der Waals surface area (Å²) >= 11 is 7.27. The Bertz CT molecular complexity index is 1160. The topological polar surface area (TPSA) is 69.0 Å². The molecule has 1 aromatic heterocycles. The number of halogens is 1. The van der Waals surface area contributed by atoms with E-state index in [0.717, 1.165) is 4.90 Å². The van der Waals surface area contributed by atoms with E-state index in [-0.39, 0.29) is 0 Å². The molecule has 0 N–H and O–H groups in total. The van der Waals surface area contributed by atoms with Crippen LogP contribution in [0.4, 0.5) is 5.69 Å². The van der Waals surface area contributed by atoms with Gasteiger partial charge in [0.25, 0.3) is 11.8 Å². The minimum absolute atomic E-state index is 0.308. The molecule has 1 aliphatic heterocycles. The molecule has 0 saturated carbocycles. The highest BCUT2D eigenvalue weighted by Gasteiger charge is 2.41. The first-order chi connectivity index (χ1) is 15.0. The summed E-state index contributed by atoms with van der Waals surface area (Å²) < 4.78 is 16.1. The van der Waals surface area contributed by atoms with Crippen LogP contribution in [0.15, 0.2) is 70.2 Å². The average molecular weight is 456 g/mol. The van der Waals surface area contributed by atoms with E-state index in [9.17, 15) is 9.59 Å². The number of hydrogen-bond acceptors (Lipinski definition) is 6. The van der Waals surface area contributed by atoms with Crippen molar-refractivity contribution < 1.29 is 23.5 Å². The Labute approximate surface area is 188 Å². The molecule has 0 saturated heterocycles. The van der Waals surface area contributed by atoms with E-state index in [2.05, 4.69) is 0 Å². The molecule has 2 heterocycles. The number of rotatable bonds is 7. The Kier molecular flexibility index (Phi) is 6.06. The van der Waals surface area contributed by atoms with Crippen molar-refractivity contribution in [1.29, 1.82) is 0 Å². The maximum atomic E-state index is 13.5. The molecule has 0 bridgehead atoms. The first kappa shape index (κ1) is 21.1. The summed E-state index contributed by atoms with van der Waals surface area (Å²) in [5.74, 6) is 1.11. The number of benzene rings is 2. The lowest BCUT2D eigenvalue weighted by atomic mass is 10.1. The van der Waals surface area contributed by atoms with Gasteiger partial charge in [0.05, 0.1) is 42.4 Å². The van der Waals surface area contributed by atoms with E-state index >= 15 is 0 Å². The molecule has 3 aromatic rings. The third kappa shape index (κ3) is 4.06. The molecule has 0 fully saturated rings. The van der Waals surface area contributed by atoms with Crippen molar-refractivity contribution in [3.05, 3.63) is 82.1 Å². The zero-order valence-electron chi connectivity index (χ0n) is 16.8. The van der Waals surface area contributed by atoms with Crippen molar-refractivity contribution in [2.75, 3.05) is 19.1 Å². The van der Waals surface area contributed by atoms with Gasteiger partial charge in [-0.3, -0.25) is 9.59 Å². The largest absolute Gasteiger partial charge is 0.497 e. The van der Waals surface area contributed by atoms with Crippen LogP contribution in [0.2, 0.25) is 5.02 Å². The fourth-order valence-corrected chi connectivity index (χ4v) is 4.38. The van der Waals surface area contributed by atoms with Crippen molar-refractivity contribution in [1.82, 2.24) is 0 Å². The highest BCUT2D eigenvalue weighted by Crippen LogP contribution is 2.43. The summed E-state index contributed by atoms with van der Waals surface area (Å²) in [6.45, 7) is 0. The monoisotopic (exact) mass is 455 g/mol. The Balaban J connectivity index is 1.79. The van der Waals surface area contributed by atoms with Gasteiger partial charge in [0.2, 0.25) is 0 Å². The summed E-state index contributed by atoms with van der Waals surface area (Å²) in [4.78, 5) is 28.4. The van der Waals surface area contributed by atoms with Gasteiger partial charge in [-0.15, -0.1) is 11.8 Å². The summed E-state index contributed by atoms with van der Waals surface area (Å²) in [6, 6.07) is 15.4. The van der Waals surface area contributed by atoms with Crippen LogP contribution in [0.5, 0.6) is 11.5 Å². The van der Waals surface area contributed by atoms with Gasteiger partial charge in [0.1, 0.15) is 17.3 Å². The number of carbonyl (C=O) groups is 2. The normalized spacial score (nSPS) is 13.8. The molecule has 0 atom stereocenters. The number of amides is 2. The van der Waals surface area contributed by atoms with Crippen LogP contribution in [0, 0.1) is 0 Å². The lowest BCUT2D eigenvalue weighted by Gasteiger charge is -2.19. The van der Waals surface area contributed by atoms with Crippen LogP contribution < -0.4 is 14.4 Å². The summed E-state index contributed by atoms with van der Waals surface area (Å²) in [5, 5.41) is 0.539. The van der Waals surface area contributed by atoms with Gasteiger partial charge in [-0.2, -0.15) is 0 Å². The molecule has 0 aliphatic carbocycles. The summed E-state index contributed by atoms with van der Waals surface area (Å²) in [5.41, 5.74) is 1.23. The number of imide groups is 1. The minimum atomic E-state index is -0.444. The predicted molar refractivity (Wildman–Crippen MR) is 120 cm³/mol. The Hall–Kier alpha value is -3.16. The quantitative estimate of drug-likeness (QED) is 0.458. The number of ether oxygens (including phenoxy) is 2. The highest BCUT2D eigenvalue weighted by molar-refractivity contribution is 8.03. The standard InChI is InChI=1S/C23H18ClNO5S/c1-28-16-9-10-19(29-2)18(12-16)25-22(26)20(14-5-7-15(24)8-6-14)21(23(25)27)31-13-17-4-3-11-30-17/h3-12H,13H2,1-2H3. The van der Waals surface area contributed by atoms with Gasteiger partial charge in [0, 0.05) is 11.1 Å². The third-order valence-electron chi connectivity index (χ3n) is 4.74. The lowest BCUT2D eigenvalue weighted by Crippen LogP contribution is -2.31. The fourth-order valence-electron chi connectivity index (χ4n) is 3.24. The van der Waals surface area contributed by atoms with E-state index in [1.54, 1.807) is 54.8 Å². The number of anilines is 1. The molecular weight excluding hydrogens is 438 g/mol. The predicted octanol–water partition coefficient (Wildman–Crippen LogP) is 5.17. The number of carbonyl (C=O) groups excluding carboxylic acids is 2. The number of nitrogens with zero attached hydrogens (tertiary/aromatic N) is 1. The SMILES string of the molecule is COc1ccc(OC)c(N2C(=O)C(SCc3ccco3)=C(c3ccc(Cl)cc3)C2=O)c1. The van der Waals surface area contributed by atoms with Crippen LogP contribution >= 0.6 is 23.4 Å². The summed E-state index contributed by atoms with van der Waals surface area (Å²) in [7, 11) is 3.00. The van der Waals surface area contributed by atoms with Crippen molar-refractivity contribution in [3.8, 4) is 11.5 Å². The summed E-state index contributed by atoms with van der Waals surface area (Å²) in [6.07, 6.45) is 1.57. The number of furan rings is 1. The maximum Gasteiger partial charge on any atom is 0.272 e. The molecule has 4 rings (SSSR count). The second kappa shape index (κ2) is 8.91. The zero-order valence-corrected chi connectivity index (χ0v) is 18.3. The third-order valence-corrected chi connectivity index (χ3v) is 6.09. The molecule has 1 aliphatic rings. The van der Waals surface area contributed by atoms with E-state index in [0.29, 0.717) is 49.8 Å². The zero-order chi connectivity index (χ0) is 22.0. The first-order valence-corrected chi connectivity index (χ1v) is 10.7. The van der Waals surface area contributed by atoms with Gasteiger partial charge < -0.3 is 13.9 Å². The second-order valence-electron chi connectivity index (χ2n) is 6.56. The van der Waals surface area contributed by atoms with E-state index < -0.39 is 11.8 Å². The Morgan fingerprint density at radius 2 is 1.77 bits per heavy atom. The first-order valence-electron chi connectivity index (χ1n) is 9.29. The number of thioether (sulfide) groups is 1. The average Bonchev–Trinajstić information content (AvgIpc) is 3.38. The van der Waals surface area contributed by atoms with E-state index in [1.165, 1.54) is 26.0 Å². The Morgan fingerprint density at radius 3 is 2.42 bits per heavy atom. The lowest BCUT2D eigenvalue weighted by molar-refractivity contribution is -0.119. The van der Waals surface area contributed by atoms with Gasteiger partial charge in [-0.05, 0) is 42.0 Å². The molecular formula is C23H18ClNO5S. The molecule has 0 spiro atoms. The molecule has 0 unspecified atom stereocenters. The molecule has 2 amide bonds. The molecule has 158 valence electrons. The number of methoxy groups -OCH3 is 2. The van der Waals surface area contributed by atoms with Crippen LogP contribution in [0.1, 0.15) is 11.3 Å². The molecule has 6 nitrogen and oxygen atoms in total. The maximum absolute atomic E-state index is 13.5. The molecule has 31 heavy (non-hydrogen) atoms. The van der Waals surface area contributed by atoms with Gasteiger partial charge >= 0.3 is 0 Å². The molecule has 0 radical (unpaired) electrons. The van der Waals surface area contributed by atoms with Crippen LogP contribution in [0.3, 0.4) is 0 Å².